The Labute approximate surface area is 118 Å². The minimum atomic E-state index is -3.45. The maximum atomic E-state index is 12.4. The van der Waals surface area contributed by atoms with Gasteiger partial charge in [0.2, 0.25) is 10.0 Å². The van der Waals surface area contributed by atoms with E-state index in [1.807, 2.05) is 0 Å². The van der Waals surface area contributed by atoms with Gasteiger partial charge in [0.25, 0.3) is 0 Å². The molecule has 1 fully saturated rings. The van der Waals surface area contributed by atoms with Crippen LogP contribution in [0.3, 0.4) is 0 Å². The molecule has 0 radical (unpaired) electrons. The van der Waals surface area contributed by atoms with E-state index < -0.39 is 10.0 Å². The van der Waals surface area contributed by atoms with E-state index >= 15 is 0 Å². The van der Waals surface area contributed by atoms with Crippen molar-refractivity contribution in [3.05, 3.63) is 16.3 Å². The number of hydrogen-bond donors (Lipinski definition) is 2. The van der Waals surface area contributed by atoms with E-state index in [-0.39, 0.29) is 12.6 Å². The average molecular weight is 303 g/mol. The van der Waals surface area contributed by atoms with Crippen LogP contribution in [0.4, 0.5) is 0 Å². The third-order valence-electron chi connectivity index (χ3n) is 3.59. The average Bonchev–Trinajstić information content (AvgIpc) is 2.82. The summed E-state index contributed by atoms with van der Waals surface area (Å²) in [5.41, 5.74) is 5.58. The van der Waals surface area contributed by atoms with E-state index in [1.165, 1.54) is 11.3 Å². The number of nitrogens with zero attached hydrogens (tertiary/aromatic N) is 1. The summed E-state index contributed by atoms with van der Waals surface area (Å²) in [6.07, 6.45) is 0.846. The molecule has 7 heteroatoms. The Morgan fingerprint density at radius 3 is 2.95 bits per heavy atom. The third kappa shape index (κ3) is 3.35. The molecule has 2 atom stereocenters. The van der Waals surface area contributed by atoms with Crippen molar-refractivity contribution >= 4 is 21.4 Å². The fourth-order valence-corrected chi connectivity index (χ4v) is 5.22. The Kier molecular flexibility index (Phi) is 4.62. The van der Waals surface area contributed by atoms with Crippen molar-refractivity contribution in [1.29, 1.82) is 0 Å². The van der Waals surface area contributed by atoms with Crippen molar-refractivity contribution in [1.82, 2.24) is 9.62 Å². The number of piperidine rings is 1. The highest BCUT2D eigenvalue weighted by Gasteiger charge is 2.29. The zero-order valence-electron chi connectivity index (χ0n) is 11.3. The molecular weight excluding hydrogens is 282 g/mol. The lowest BCUT2D eigenvalue weighted by Gasteiger charge is -2.34. The molecular formula is C12H21N3O2S2. The van der Waals surface area contributed by atoms with E-state index in [2.05, 4.69) is 23.6 Å². The maximum absolute atomic E-state index is 12.4. The van der Waals surface area contributed by atoms with E-state index in [4.69, 9.17) is 5.73 Å². The lowest BCUT2D eigenvalue weighted by atomic mass is 9.95. The Morgan fingerprint density at radius 2 is 2.32 bits per heavy atom. The number of hydrogen-bond acceptors (Lipinski definition) is 5. The molecule has 19 heavy (non-hydrogen) atoms. The molecule has 1 aromatic rings. The summed E-state index contributed by atoms with van der Waals surface area (Å²) in [6.45, 7) is 4.18. The summed E-state index contributed by atoms with van der Waals surface area (Å²) in [6, 6.07) is 1.64. The number of rotatable bonds is 4. The number of thiophene rings is 1. The van der Waals surface area contributed by atoms with E-state index in [0.29, 0.717) is 15.7 Å². The molecule has 1 aromatic heterocycles. The molecule has 1 saturated heterocycles. The van der Waals surface area contributed by atoms with Crippen LogP contribution in [0.25, 0.3) is 0 Å². The minimum absolute atomic E-state index is 0.00623. The van der Waals surface area contributed by atoms with Crippen LogP contribution in [0.15, 0.2) is 16.3 Å². The molecule has 0 bridgehead atoms. The molecule has 0 saturated carbocycles. The van der Waals surface area contributed by atoms with Crippen molar-refractivity contribution in [2.75, 3.05) is 20.1 Å². The van der Waals surface area contributed by atoms with Crippen molar-refractivity contribution < 1.29 is 8.42 Å². The quantitative estimate of drug-likeness (QED) is 0.864. The maximum Gasteiger partial charge on any atom is 0.241 e. The van der Waals surface area contributed by atoms with E-state index in [0.717, 1.165) is 19.5 Å². The van der Waals surface area contributed by atoms with Gasteiger partial charge in [0, 0.05) is 24.0 Å². The first-order valence-electron chi connectivity index (χ1n) is 6.41. The number of likely N-dealkylation sites (tertiary alicyclic amines) is 1. The van der Waals surface area contributed by atoms with Gasteiger partial charge in [0.1, 0.15) is 0 Å². The Bertz CT molecular complexity index is 527. The smallest absolute Gasteiger partial charge is 0.241 e. The summed E-state index contributed by atoms with van der Waals surface area (Å²) in [5.74, 6) is 0.313. The highest BCUT2D eigenvalue weighted by Crippen LogP contribution is 2.23. The zero-order valence-corrected chi connectivity index (χ0v) is 12.9. The van der Waals surface area contributed by atoms with Crippen LogP contribution in [-0.4, -0.2) is 39.5 Å². The summed E-state index contributed by atoms with van der Waals surface area (Å²) in [4.78, 5) is 3.28. The molecule has 1 aliphatic heterocycles. The second-order valence-electron chi connectivity index (χ2n) is 5.17. The Hall–Kier alpha value is -0.470. The van der Waals surface area contributed by atoms with Gasteiger partial charge in [-0.3, -0.25) is 0 Å². The van der Waals surface area contributed by atoms with Gasteiger partial charge in [-0.15, -0.1) is 11.3 Å². The van der Waals surface area contributed by atoms with Crippen LogP contribution in [0.5, 0.6) is 0 Å². The highest BCUT2D eigenvalue weighted by atomic mass is 32.2. The monoisotopic (exact) mass is 303 g/mol. The predicted molar refractivity (Wildman–Crippen MR) is 77.6 cm³/mol. The summed E-state index contributed by atoms with van der Waals surface area (Å²) in [5, 5.41) is 1.77. The van der Waals surface area contributed by atoms with Crippen molar-refractivity contribution in [2.45, 2.75) is 30.8 Å². The van der Waals surface area contributed by atoms with Gasteiger partial charge >= 0.3 is 0 Å². The lowest BCUT2D eigenvalue weighted by Crippen LogP contribution is -2.48. The first-order valence-corrected chi connectivity index (χ1v) is 8.77. The molecule has 1 aliphatic rings. The van der Waals surface area contributed by atoms with Crippen LogP contribution in [0, 0.1) is 5.92 Å². The molecule has 2 unspecified atom stereocenters. The summed E-state index contributed by atoms with van der Waals surface area (Å²) in [7, 11) is -1.39. The van der Waals surface area contributed by atoms with Gasteiger partial charge in [-0.1, -0.05) is 6.92 Å². The van der Waals surface area contributed by atoms with E-state index in [9.17, 15) is 8.42 Å². The third-order valence-corrected chi connectivity index (χ3v) is 6.24. The van der Waals surface area contributed by atoms with E-state index in [1.54, 1.807) is 11.4 Å². The van der Waals surface area contributed by atoms with Gasteiger partial charge in [-0.25, -0.2) is 13.1 Å². The molecule has 2 rings (SSSR count). The van der Waals surface area contributed by atoms with Gasteiger partial charge in [0.05, 0.1) is 4.90 Å². The normalized spacial score (nSPS) is 25.6. The van der Waals surface area contributed by atoms with Crippen LogP contribution in [-0.2, 0) is 16.6 Å². The van der Waals surface area contributed by atoms with Gasteiger partial charge in [-0.05, 0) is 37.4 Å². The van der Waals surface area contributed by atoms with Crippen molar-refractivity contribution in [3.63, 3.8) is 0 Å². The second kappa shape index (κ2) is 5.88. The largest absolute Gasteiger partial charge is 0.326 e. The predicted octanol–water partition coefficient (Wildman–Crippen LogP) is 0.825. The fourth-order valence-electron chi connectivity index (χ4n) is 2.51. The van der Waals surface area contributed by atoms with Crippen LogP contribution < -0.4 is 10.5 Å². The van der Waals surface area contributed by atoms with Crippen molar-refractivity contribution in [2.24, 2.45) is 11.7 Å². The molecule has 5 nitrogen and oxygen atoms in total. The minimum Gasteiger partial charge on any atom is -0.326 e. The zero-order chi connectivity index (χ0) is 14.0. The standard InChI is InChI=1S/C12H21N3O2S2/c1-9-8-15(2)5-3-10(9)14-19(16,17)12-4-6-18-11(12)7-13/h4,6,9-10,14H,3,5,7-8,13H2,1-2H3. The molecule has 3 N–H and O–H groups in total. The Morgan fingerprint density at radius 1 is 1.58 bits per heavy atom. The molecule has 0 spiro atoms. The molecule has 0 aliphatic carbocycles. The van der Waals surface area contributed by atoms with Gasteiger partial charge < -0.3 is 10.6 Å². The van der Waals surface area contributed by atoms with Crippen LogP contribution in [0.1, 0.15) is 18.2 Å². The Balaban J connectivity index is 2.14. The molecule has 2 heterocycles. The first kappa shape index (κ1) is 14.9. The fraction of sp³-hybridized carbons (Fsp3) is 0.667. The molecule has 0 amide bonds. The summed E-state index contributed by atoms with van der Waals surface area (Å²) < 4.78 is 27.6. The van der Waals surface area contributed by atoms with Crippen molar-refractivity contribution in [3.8, 4) is 0 Å². The van der Waals surface area contributed by atoms with Crippen LogP contribution in [0.2, 0.25) is 0 Å². The second-order valence-corrected chi connectivity index (χ2v) is 7.85. The number of sulfonamides is 1. The number of nitrogens with two attached hydrogens (primary N) is 1. The van der Waals surface area contributed by atoms with Gasteiger partial charge in [-0.2, -0.15) is 0 Å². The SMILES string of the molecule is CC1CN(C)CCC1NS(=O)(=O)c1ccsc1CN. The first-order chi connectivity index (χ1) is 8.94. The van der Waals surface area contributed by atoms with Crippen LogP contribution >= 0.6 is 11.3 Å². The molecule has 108 valence electrons. The summed E-state index contributed by atoms with van der Waals surface area (Å²) >= 11 is 1.39. The highest BCUT2D eigenvalue weighted by molar-refractivity contribution is 7.89. The van der Waals surface area contributed by atoms with Gasteiger partial charge in [0.15, 0.2) is 0 Å². The lowest BCUT2D eigenvalue weighted by molar-refractivity contribution is 0.188. The molecule has 0 aromatic carbocycles. The topological polar surface area (TPSA) is 75.4 Å². The number of nitrogens with one attached hydrogen (secondary N) is 1.